The zero-order chi connectivity index (χ0) is 10.6. The van der Waals surface area contributed by atoms with Gasteiger partial charge in [0.05, 0.1) is 0 Å². The maximum atomic E-state index is 5.83. The Hall–Kier alpha value is -0.530. The van der Waals surface area contributed by atoms with Crippen molar-refractivity contribution in [3.63, 3.8) is 0 Å². The molecule has 14 heavy (non-hydrogen) atoms. The van der Waals surface area contributed by atoms with Crippen LogP contribution in [-0.2, 0) is 0 Å². The third kappa shape index (κ3) is 3.32. The van der Waals surface area contributed by atoms with Gasteiger partial charge in [-0.25, -0.2) is 0 Å². The van der Waals surface area contributed by atoms with Gasteiger partial charge in [-0.3, -0.25) is 0 Å². The van der Waals surface area contributed by atoms with E-state index in [-0.39, 0.29) is 0 Å². The first-order valence-corrected chi connectivity index (χ1v) is 5.52. The van der Waals surface area contributed by atoms with E-state index in [2.05, 4.69) is 38.2 Å². The topological polar surface area (TPSA) is 12.0 Å². The monoisotopic (exact) mass is 211 g/mol. The number of hydrogen-bond acceptors (Lipinski definition) is 1. The summed E-state index contributed by atoms with van der Waals surface area (Å²) in [6, 6.07) is 8.96. The van der Waals surface area contributed by atoms with Gasteiger partial charge in [-0.1, -0.05) is 30.7 Å². The molecule has 2 heteroatoms. The van der Waals surface area contributed by atoms with Crippen molar-refractivity contribution in [3.05, 3.63) is 34.9 Å². The summed E-state index contributed by atoms with van der Waals surface area (Å²) in [7, 11) is 0. The summed E-state index contributed by atoms with van der Waals surface area (Å²) in [4.78, 5) is 0. The molecule has 0 bridgehead atoms. The lowest BCUT2D eigenvalue weighted by molar-refractivity contribution is 0.469. The van der Waals surface area contributed by atoms with Gasteiger partial charge in [-0.2, -0.15) is 0 Å². The first-order valence-electron chi connectivity index (χ1n) is 5.15. The predicted molar refractivity (Wildman–Crippen MR) is 62.8 cm³/mol. The molecule has 0 aliphatic carbocycles. The Morgan fingerprint density at radius 3 is 2.29 bits per heavy atom. The van der Waals surface area contributed by atoms with Crippen molar-refractivity contribution < 1.29 is 0 Å². The van der Waals surface area contributed by atoms with E-state index in [9.17, 15) is 0 Å². The van der Waals surface area contributed by atoms with E-state index in [1.54, 1.807) is 0 Å². The summed E-state index contributed by atoms with van der Waals surface area (Å²) in [5, 5.41) is 4.32. The molecule has 1 N–H and O–H groups in total. The molecule has 0 aromatic heterocycles. The fourth-order valence-corrected chi connectivity index (χ4v) is 1.52. The standard InChI is InChI=1S/C12H18ClN/c1-4-9(2)14-10(3)11-5-7-12(13)8-6-11/h5-10,14H,4H2,1-3H3/t9-,10-/m1/s1. The quantitative estimate of drug-likeness (QED) is 0.799. The second kappa shape index (κ2) is 5.38. The second-order valence-corrected chi connectivity index (χ2v) is 4.19. The number of halogens is 1. The lowest BCUT2D eigenvalue weighted by Crippen LogP contribution is -2.28. The third-order valence-corrected chi connectivity index (χ3v) is 2.77. The molecule has 1 aromatic rings. The van der Waals surface area contributed by atoms with Crippen molar-refractivity contribution in [2.24, 2.45) is 0 Å². The van der Waals surface area contributed by atoms with Gasteiger partial charge < -0.3 is 5.32 Å². The molecule has 1 rings (SSSR count). The zero-order valence-corrected chi connectivity index (χ0v) is 9.81. The van der Waals surface area contributed by atoms with Crippen LogP contribution in [0.15, 0.2) is 24.3 Å². The Morgan fingerprint density at radius 2 is 1.79 bits per heavy atom. The van der Waals surface area contributed by atoms with Crippen LogP contribution in [0.3, 0.4) is 0 Å². The fourth-order valence-electron chi connectivity index (χ4n) is 1.39. The molecule has 1 nitrogen and oxygen atoms in total. The van der Waals surface area contributed by atoms with Gasteiger partial charge >= 0.3 is 0 Å². The minimum Gasteiger partial charge on any atom is -0.308 e. The van der Waals surface area contributed by atoms with Crippen LogP contribution in [0.25, 0.3) is 0 Å². The largest absolute Gasteiger partial charge is 0.308 e. The maximum Gasteiger partial charge on any atom is 0.0406 e. The van der Waals surface area contributed by atoms with Crippen molar-refractivity contribution in [1.29, 1.82) is 0 Å². The SMILES string of the molecule is CC[C@@H](C)N[C@H](C)c1ccc(Cl)cc1. The molecule has 0 spiro atoms. The highest BCUT2D eigenvalue weighted by molar-refractivity contribution is 6.30. The predicted octanol–water partition coefficient (Wildman–Crippen LogP) is 3.79. The van der Waals surface area contributed by atoms with Crippen molar-refractivity contribution >= 4 is 11.6 Å². The van der Waals surface area contributed by atoms with Crippen LogP contribution >= 0.6 is 11.6 Å². The molecule has 2 atom stereocenters. The number of rotatable bonds is 4. The Bertz CT molecular complexity index is 268. The van der Waals surface area contributed by atoms with Crippen molar-refractivity contribution in [2.75, 3.05) is 0 Å². The fraction of sp³-hybridized carbons (Fsp3) is 0.500. The van der Waals surface area contributed by atoms with Gasteiger partial charge in [0.2, 0.25) is 0 Å². The van der Waals surface area contributed by atoms with Gasteiger partial charge in [-0.05, 0) is 38.0 Å². The molecule has 0 saturated heterocycles. The first-order chi connectivity index (χ1) is 6.63. The van der Waals surface area contributed by atoms with Crippen LogP contribution in [-0.4, -0.2) is 6.04 Å². The van der Waals surface area contributed by atoms with Crippen LogP contribution in [0.2, 0.25) is 5.02 Å². The summed E-state index contributed by atoms with van der Waals surface area (Å²) >= 11 is 5.83. The molecule has 0 saturated carbocycles. The van der Waals surface area contributed by atoms with Gasteiger partial charge in [0.1, 0.15) is 0 Å². The van der Waals surface area contributed by atoms with E-state index in [1.807, 2.05) is 12.1 Å². The lowest BCUT2D eigenvalue weighted by Gasteiger charge is -2.19. The van der Waals surface area contributed by atoms with Gasteiger partial charge in [0.15, 0.2) is 0 Å². The van der Waals surface area contributed by atoms with E-state index in [1.165, 1.54) is 5.56 Å². The highest BCUT2D eigenvalue weighted by Gasteiger charge is 2.07. The zero-order valence-electron chi connectivity index (χ0n) is 9.05. The van der Waals surface area contributed by atoms with E-state index in [4.69, 9.17) is 11.6 Å². The number of nitrogens with one attached hydrogen (secondary N) is 1. The smallest absolute Gasteiger partial charge is 0.0406 e. The molecular formula is C12H18ClN. The molecule has 1 aromatic carbocycles. The van der Waals surface area contributed by atoms with E-state index >= 15 is 0 Å². The molecule has 0 amide bonds. The maximum absolute atomic E-state index is 5.83. The van der Waals surface area contributed by atoms with E-state index in [0.717, 1.165) is 11.4 Å². The summed E-state index contributed by atoms with van der Waals surface area (Å²) in [6.07, 6.45) is 1.15. The molecule has 78 valence electrons. The van der Waals surface area contributed by atoms with Crippen molar-refractivity contribution in [2.45, 2.75) is 39.3 Å². The Balaban J connectivity index is 2.60. The minimum absolute atomic E-state index is 0.391. The van der Waals surface area contributed by atoms with Crippen LogP contribution < -0.4 is 5.32 Å². The first kappa shape index (κ1) is 11.5. The molecule has 0 heterocycles. The molecule has 0 aliphatic rings. The summed E-state index contributed by atoms with van der Waals surface area (Å²) in [6.45, 7) is 6.56. The molecule has 0 unspecified atom stereocenters. The van der Waals surface area contributed by atoms with Gasteiger partial charge in [0.25, 0.3) is 0 Å². The highest BCUT2D eigenvalue weighted by atomic mass is 35.5. The summed E-state index contributed by atoms with van der Waals surface area (Å²) in [5.74, 6) is 0. The Kier molecular flexibility index (Phi) is 4.43. The van der Waals surface area contributed by atoms with Crippen molar-refractivity contribution in [3.8, 4) is 0 Å². The van der Waals surface area contributed by atoms with E-state index in [0.29, 0.717) is 12.1 Å². The van der Waals surface area contributed by atoms with Gasteiger partial charge in [0, 0.05) is 17.1 Å². The number of hydrogen-bond donors (Lipinski definition) is 1. The van der Waals surface area contributed by atoms with Crippen LogP contribution in [0.5, 0.6) is 0 Å². The van der Waals surface area contributed by atoms with Crippen LogP contribution in [0.4, 0.5) is 0 Å². The van der Waals surface area contributed by atoms with Crippen LogP contribution in [0.1, 0.15) is 38.8 Å². The molecule has 0 fully saturated rings. The summed E-state index contributed by atoms with van der Waals surface area (Å²) in [5.41, 5.74) is 1.29. The van der Waals surface area contributed by atoms with Gasteiger partial charge in [-0.15, -0.1) is 0 Å². The normalized spacial score (nSPS) is 15.1. The Labute approximate surface area is 91.5 Å². The molecular weight excluding hydrogens is 194 g/mol. The Morgan fingerprint density at radius 1 is 1.21 bits per heavy atom. The average molecular weight is 212 g/mol. The third-order valence-electron chi connectivity index (χ3n) is 2.52. The average Bonchev–Trinajstić information content (AvgIpc) is 2.18. The van der Waals surface area contributed by atoms with Crippen molar-refractivity contribution in [1.82, 2.24) is 5.32 Å². The summed E-state index contributed by atoms with van der Waals surface area (Å²) < 4.78 is 0. The minimum atomic E-state index is 0.391. The molecule has 0 aliphatic heterocycles. The highest BCUT2D eigenvalue weighted by Crippen LogP contribution is 2.16. The molecule has 0 radical (unpaired) electrons. The number of benzene rings is 1. The lowest BCUT2D eigenvalue weighted by atomic mass is 10.1. The van der Waals surface area contributed by atoms with E-state index < -0.39 is 0 Å². The second-order valence-electron chi connectivity index (χ2n) is 3.75. The van der Waals surface area contributed by atoms with Crippen LogP contribution in [0, 0.1) is 0 Å².